The maximum Gasteiger partial charge on any atom is 0.306 e. The van der Waals surface area contributed by atoms with Crippen LogP contribution in [0.5, 0.6) is 5.75 Å². The zero-order valence-corrected chi connectivity index (χ0v) is 9.99. The van der Waals surface area contributed by atoms with Crippen LogP contribution in [0.4, 0.5) is 0 Å². The Morgan fingerprint density at radius 3 is 2.75 bits per heavy atom. The Bertz CT molecular complexity index is 371. The molecule has 0 bridgehead atoms. The van der Waals surface area contributed by atoms with E-state index in [2.05, 4.69) is 0 Å². The molecular formula is C13H18O3. The number of phenols is 1. The minimum absolute atomic E-state index is 0.110. The molecule has 0 aliphatic carbocycles. The van der Waals surface area contributed by atoms with Gasteiger partial charge in [-0.05, 0) is 37.0 Å². The predicted molar refractivity (Wildman–Crippen MR) is 62.5 cm³/mol. The molecule has 0 heterocycles. The first-order chi connectivity index (χ1) is 7.54. The van der Waals surface area contributed by atoms with Gasteiger partial charge in [0.1, 0.15) is 5.75 Å². The molecule has 1 aromatic carbocycles. The van der Waals surface area contributed by atoms with Gasteiger partial charge in [-0.1, -0.05) is 19.1 Å². The summed E-state index contributed by atoms with van der Waals surface area (Å²) in [5.41, 5.74) is 1.87. The summed E-state index contributed by atoms with van der Waals surface area (Å²) >= 11 is 0. The smallest absolute Gasteiger partial charge is 0.306 e. The number of aryl methyl sites for hydroxylation is 1. The molecule has 1 N–H and O–H groups in total. The summed E-state index contributed by atoms with van der Waals surface area (Å²) in [6.07, 6.45) is 0.373. The van der Waals surface area contributed by atoms with Gasteiger partial charge < -0.3 is 9.84 Å². The minimum Gasteiger partial charge on any atom is -0.508 e. The number of carbonyl (C=O) groups is 1. The summed E-state index contributed by atoms with van der Waals surface area (Å²) in [6.45, 7) is 6.03. The summed E-state index contributed by atoms with van der Waals surface area (Å²) in [4.78, 5) is 11.3. The van der Waals surface area contributed by atoms with Crippen molar-refractivity contribution >= 4 is 5.97 Å². The monoisotopic (exact) mass is 222 g/mol. The van der Waals surface area contributed by atoms with Crippen LogP contribution >= 0.6 is 0 Å². The molecule has 0 aliphatic rings. The van der Waals surface area contributed by atoms with Gasteiger partial charge in [0.2, 0.25) is 0 Å². The van der Waals surface area contributed by atoms with Crippen molar-refractivity contribution in [2.24, 2.45) is 0 Å². The van der Waals surface area contributed by atoms with Crippen molar-refractivity contribution in [3.63, 3.8) is 0 Å². The third-order valence-corrected chi connectivity index (χ3v) is 2.57. The number of ether oxygens (including phenoxy) is 1. The van der Waals surface area contributed by atoms with E-state index in [1.807, 2.05) is 26.0 Å². The van der Waals surface area contributed by atoms with E-state index in [1.54, 1.807) is 13.0 Å². The number of hydrogen-bond acceptors (Lipinski definition) is 3. The van der Waals surface area contributed by atoms with Gasteiger partial charge >= 0.3 is 5.97 Å². The number of phenolic OH excluding ortho intramolecular Hbond substituents is 1. The van der Waals surface area contributed by atoms with E-state index in [0.717, 1.165) is 11.1 Å². The molecule has 1 aromatic rings. The minimum atomic E-state index is -0.180. The highest BCUT2D eigenvalue weighted by Gasteiger charge is 2.12. The summed E-state index contributed by atoms with van der Waals surface area (Å²) < 4.78 is 4.90. The standard InChI is InChI=1S/C13H18O3/c1-4-16-13(15)8-9(2)11-5-6-12(14)10(3)7-11/h5-7,9,14H,4,8H2,1-3H3. The molecule has 16 heavy (non-hydrogen) atoms. The van der Waals surface area contributed by atoms with Crippen LogP contribution in [0, 0.1) is 6.92 Å². The van der Waals surface area contributed by atoms with Gasteiger partial charge in [-0.25, -0.2) is 0 Å². The van der Waals surface area contributed by atoms with Crippen molar-refractivity contribution in [3.8, 4) is 5.75 Å². The molecule has 3 nitrogen and oxygen atoms in total. The average molecular weight is 222 g/mol. The number of benzene rings is 1. The quantitative estimate of drug-likeness (QED) is 0.797. The first-order valence-electron chi connectivity index (χ1n) is 5.49. The molecule has 0 aromatic heterocycles. The first kappa shape index (κ1) is 12.6. The van der Waals surface area contributed by atoms with Crippen LogP contribution in [0.3, 0.4) is 0 Å². The summed E-state index contributed by atoms with van der Waals surface area (Å²) in [6, 6.07) is 5.40. The van der Waals surface area contributed by atoms with E-state index >= 15 is 0 Å². The van der Waals surface area contributed by atoms with E-state index in [9.17, 15) is 9.90 Å². The van der Waals surface area contributed by atoms with Crippen molar-refractivity contribution in [2.45, 2.75) is 33.1 Å². The zero-order valence-electron chi connectivity index (χ0n) is 9.99. The number of aromatic hydroxyl groups is 1. The third kappa shape index (κ3) is 3.26. The van der Waals surface area contributed by atoms with E-state index in [0.29, 0.717) is 13.0 Å². The molecule has 0 amide bonds. The summed E-state index contributed by atoms with van der Waals surface area (Å²) in [7, 11) is 0. The molecule has 1 atom stereocenters. The Hall–Kier alpha value is -1.51. The van der Waals surface area contributed by atoms with Gasteiger partial charge in [0.15, 0.2) is 0 Å². The molecule has 1 rings (SSSR count). The Morgan fingerprint density at radius 1 is 1.50 bits per heavy atom. The van der Waals surface area contributed by atoms with Gasteiger partial charge in [0.25, 0.3) is 0 Å². The van der Waals surface area contributed by atoms with Crippen LogP contribution < -0.4 is 0 Å². The molecule has 1 unspecified atom stereocenters. The lowest BCUT2D eigenvalue weighted by molar-refractivity contribution is -0.143. The molecule has 3 heteroatoms. The lowest BCUT2D eigenvalue weighted by Gasteiger charge is -2.12. The first-order valence-corrected chi connectivity index (χ1v) is 5.49. The van der Waals surface area contributed by atoms with Crippen LogP contribution in [0.2, 0.25) is 0 Å². The lowest BCUT2D eigenvalue weighted by atomic mass is 9.96. The molecule has 0 spiro atoms. The predicted octanol–water partition coefficient (Wildman–Crippen LogP) is 2.76. The molecule has 88 valence electrons. The Balaban J connectivity index is 2.69. The van der Waals surface area contributed by atoms with E-state index < -0.39 is 0 Å². The highest BCUT2D eigenvalue weighted by Crippen LogP contribution is 2.24. The third-order valence-electron chi connectivity index (χ3n) is 2.57. The fraction of sp³-hybridized carbons (Fsp3) is 0.462. The Kier molecular flexibility index (Phi) is 4.35. The summed E-state index contributed by atoms with van der Waals surface area (Å²) in [5.74, 6) is 0.214. The van der Waals surface area contributed by atoms with Crippen LogP contribution in [0.25, 0.3) is 0 Å². The van der Waals surface area contributed by atoms with Crippen LogP contribution in [0.1, 0.15) is 37.3 Å². The van der Waals surface area contributed by atoms with Gasteiger partial charge in [0.05, 0.1) is 13.0 Å². The van der Waals surface area contributed by atoms with Gasteiger partial charge in [-0.15, -0.1) is 0 Å². The van der Waals surface area contributed by atoms with Crippen LogP contribution in [-0.4, -0.2) is 17.7 Å². The maximum absolute atomic E-state index is 11.3. The lowest BCUT2D eigenvalue weighted by Crippen LogP contribution is -2.08. The maximum atomic E-state index is 11.3. The number of esters is 1. The second kappa shape index (κ2) is 5.54. The van der Waals surface area contributed by atoms with Crippen molar-refractivity contribution in [1.29, 1.82) is 0 Å². The number of rotatable bonds is 4. The molecule has 0 saturated carbocycles. The fourth-order valence-electron chi connectivity index (χ4n) is 1.57. The highest BCUT2D eigenvalue weighted by molar-refractivity contribution is 5.70. The van der Waals surface area contributed by atoms with E-state index in [1.165, 1.54) is 0 Å². The molecule has 0 fully saturated rings. The van der Waals surface area contributed by atoms with E-state index in [4.69, 9.17) is 4.74 Å². The van der Waals surface area contributed by atoms with Crippen molar-refractivity contribution in [3.05, 3.63) is 29.3 Å². The van der Waals surface area contributed by atoms with Crippen molar-refractivity contribution in [1.82, 2.24) is 0 Å². The SMILES string of the molecule is CCOC(=O)CC(C)c1ccc(O)c(C)c1. The zero-order chi connectivity index (χ0) is 12.1. The molecule has 0 aliphatic heterocycles. The largest absolute Gasteiger partial charge is 0.508 e. The van der Waals surface area contributed by atoms with Gasteiger partial charge in [-0.2, -0.15) is 0 Å². The highest BCUT2D eigenvalue weighted by atomic mass is 16.5. The van der Waals surface area contributed by atoms with E-state index in [-0.39, 0.29) is 17.6 Å². The molecule has 0 radical (unpaired) electrons. The van der Waals surface area contributed by atoms with Gasteiger partial charge in [0, 0.05) is 0 Å². The van der Waals surface area contributed by atoms with Crippen LogP contribution in [0.15, 0.2) is 18.2 Å². The summed E-state index contributed by atoms with van der Waals surface area (Å²) in [5, 5.41) is 9.40. The van der Waals surface area contributed by atoms with Crippen LogP contribution in [-0.2, 0) is 9.53 Å². The Morgan fingerprint density at radius 2 is 2.19 bits per heavy atom. The number of carbonyl (C=O) groups excluding carboxylic acids is 1. The molecular weight excluding hydrogens is 204 g/mol. The Labute approximate surface area is 96.1 Å². The second-order valence-electron chi connectivity index (χ2n) is 3.96. The normalized spacial score (nSPS) is 12.2. The van der Waals surface area contributed by atoms with Gasteiger partial charge in [-0.3, -0.25) is 4.79 Å². The van der Waals surface area contributed by atoms with Crippen molar-refractivity contribution < 1.29 is 14.6 Å². The topological polar surface area (TPSA) is 46.5 Å². The second-order valence-corrected chi connectivity index (χ2v) is 3.96. The van der Waals surface area contributed by atoms with Crippen molar-refractivity contribution in [2.75, 3.05) is 6.61 Å². The number of hydrogen-bond donors (Lipinski definition) is 1. The fourth-order valence-corrected chi connectivity index (χ4v) is 1.57. The average Bonchev–Trinajstić information content (AvgIpc) is 2.22. The molecule has 0 saturated heterocycles.